The molecule has 0 radical (unpaired) electrons. The first-order valence-electron chi connectivity index (χ1n) is 6.76. The van der Waals surface area contributed by atoms with E-state index in [9.17, 15) is 4.39 Å². The number of rotatable bonds is 8. The molecule has 0 aliphatic rings. The maximum atomic E-state index is 13.8. The quantitative estimate of drug-likeness (QED) is 0.552. The molecule has 0 spiro atoms. The first-order valence-corrected chi connectivity index (χ1v) is 7.74. The molecule has 1 N–H and O–H groups in total. The van der Waals surface area contributed by atoms with Crippen molar-refractivity contribution in [2.24, 2.45) is 5.92 Å². The summed E-state index contributed by atoms with van der Waals surface area (Å²) in [6.07, 6.45) is 2.36. The van der Waals surface area contributed by atoms with E-state index in [1.54, 1.807) is 23.9 Å². The Morgan fingerprint density at radius 3 is 2.78 bits per heavy atom. The summed E-state index contributed by atoms with van der Waals surface area (Å²) >= 11 is 1.76. The molecule has 0 heterocycles. The van der Waals surface area contributed by atoms with Crippen LogP contribution in [0.4, 0.5) is 4.39 Å². The fraction of sp³-hybridized carbons (Fsp3) is 0.600. The highest BCUT2D eigenvalue weighted by Crippen LogP contribution is 2.25. The molecule has 0 saturated carbocycles. The summed E-state index contributed by atoms with van der Waals surface area (Å²) in [6, 6.07) is 5.38. The third-order valence-corrected chi connectivity index (χ3v) is 3.87. The van der Waals surface area contributed by atoms with E-state index in [0.29, 0.717) is 12.5 Å². The smallest absolute Gasteiger partial charge is 0.128 e. The van der Waals surface area contributed by atoms with Crippen molar-refractivity contribution in [3.8, 4) is 0 Å². The van der Waals surface area contributed by atoms with E-state index >= 15 is 0 Å². The van der Waals surface area contributed by atoms with Crippen molar-refractivity contribution in [1.29, 1.82) is 0 Å². The molecule has 3 heteroatoms. The minimum absolute atomic E-state index is 0.0900. The topological polar surface area (TPSA) is 12.0 Å². The van der Waals surface area contributed by atoms with Gasteiger partial charge in [0.15, 0.2) is 0 Å². The van der Waals surface area contributed by atoms with Crippen LogP contribution in [0.5, 0.6) is 0 Å². The van der Waals surface area contributed by atoms with Crippen LogP contribution in [0.25, 0.3) is 0 Å². The van der Waals surface area contributed by atoms with Crippen molar-refractivity contribution in [2.75, 3.05) is 12.3 Å². The summed E-state index contributed by atoms with van der Waals surface area (Å²) in [4.78, 5) is 1.08. The van der Waals surface area contributed by atoms with Crippen LogP contribution < -0.4 is 5.32 Å². The van der Waals surface area contributed by atoms with E-state index in [0.717, 1.165) is 22.8 Å². The predicted octanol–water partition coefficient (Wildman–Crippen LogP) is 4.46. The van der Waals surface area contributed by atoms with Crippen molar-refractivity contribution in [3.05, 3.63) is 29.6 Å². The Bertz CT molecular complexity index is 352. The molecule has 1 nitrogen and oxygen atoms in total. The van der Waals surface area contributed by atoms with Gasteiger partial charge in [-0.05, 0) is 36.8 Å². The molecular formula is C15H24FNS. The van der Waals surface area contributed by atoms with Crippen LogP contribution in [0.1, 0.15) is 39.2 Å². The van der Waals surface area contributed by atoms with Crippen molar-refractivity contribution in [3.63, 3.8) is 0 Å². The van der Waals surface area contributed by atoms with Crippen LogP contribution in [0.2, 0.25) is 0 Å². The Balaban J connectivity index is 2.61. The fourth-order valence-electron chi connectivity index (χ4n) is 1.66. The number of hydrogen-bond acceptors (Lipinski definition) is 2. The van der Waals surface area contributed by atoms with E-state index < -0.39 is 0 Å². The average molecular weight is 269 g/mol. The Hall–Kier alpha value is -0.540. The third-order valence-electron chi connectivity index (χ3n) is 2.69. The summed E-state index contributed by atoms with van der Waals surface area (Å²) in [5, 5.41) is 3.32. The van der Waals surface area contributed by atoms with Gasteiger partial charge < -0.3 is 5.32 Å². The molecule has 0 saturated heterocycles. The summed E-state index contributed by atoms with van der Waals surface area (Å²) in [7, 11) is 0. The van der Waals surface area contributed by atoms with E-state index in [2.05, 4.69) is 26.1 Å². The lowest BCUT2D eigenvalue weighted by Crippen LogP contribution is -2.20. The van der Waals surface area contributed by atoms with E-state index in [1.165, 1.54) is 12.8 Å². The maximum Gasteiger partial charge on any atom is 0.128 e. The summed E-state index contributed by atoms with van der Waals surface area (Å²) < 4.78 is 13.8. The lowest BCUT2D eigenvalue weighted by molar-refractivity contribution is 0.530. The van der Waals surface area contributed by atoms with E-state index in [-0.39, 0.29) is 5.82 Å². The van der Waals surface area contributed by atoms with Crippen molar-refractivity contribution < 1.29 is 4.39 Å². The van der Waals surface area contributed by atoms with Gasteiger partial charge in [0.1, 0.15) is 5.82 Å². The van der Waals surface area contributed by atoms with Crippen LogP contribution in [-0.2, 0) is 6.54 Å². The molecule has 102 valence electrons. The summed E-state index contributed by atoms with van der Waals surface area (Å²) in [5.41, 5.74) is 0.819. The minimum Gasteiger partial charge on any atom is -0.312 e. The second-order valence-corrected chi connectivity index (χ2v) is 6.08. The van der Waals surface area contributed by atoms with Gasteiger partial charge in [-0.3, -0.25) is 0 Å². The molecule has 0 aromatic heterocycles. The second kappa shape index (κ2) is 8.54. The van der Waals surface area contributed by atoms with Crippen molar-refractivity contribution >= 4 is 11.8 Å². The second-order valence-electron chi connectivity index (χ2n) is 4.94. The SMILES string of the molecule is CCCCSc1cccc(F)c1CNCC(C)C. The average Bonchev–Trinajstić information content (AvgIpc) is 2.32. The molecule has 0 atom stereocenters. The largest absolute Gasteiger partial charge is 0.312 e. The number of thioether (sulfide) groups is 1. The maximum absolute atomic E-state index is 13.8. The van der Waals surface area contributed by atoms with Gasteiger partial charge in [0, 0.05) is 17.0 Å². The zero-order valence-corrected chi connectivity index (χ0v) is 12.4. The normalized spacial score (nSPS) is 11.2. The predicted molar refractivity (Wildman–Crippen MR) is 78.6 cm³/mol. The molecular weight excluding hydrogens is 245 g/mol. The van der Waals surface area contributed by atoms with Crippen LogP contribution in [0.3, 0.4) is 0 Å². The lowest BCUT2D eigenvalue weighted by atomic mass is 10.2. The van der Waals surface area contributed by atoms with Crippen LogP contribution in [0.15, 0.2) is 23.1 Å². The third kappa shape index (κ3) is 5.40. The van der Waals surface area contributed by atoms with E-state index in [1.807, 2.05) is 6.07 Å². The van der Waals surface area contributed by atoms with Gasteiger partial charge in [0.25, 0.3) is 0 Å². The molecule has 0 amide bonds. The van der Waals surface area contributed by atoms with Gasteiger partial charge >= 0.3 is 0 Å². The molecule has 0 bridgehead atoms. The molecule has 1 aromatic rings. The van der Waals surface area contributed by atoms with Gasteiger partial charge in [-0.1, -0.05) is 33.3 Å². The Morgan fingerprint density at radius 2 is 2.11 bits per heavy atom. The zero-order valence-electron chi connectivity index (χ0n) is 11.6. The first kappa shape index (κ1) is 15.5. The highest BCUT2D eigenvalue weighted by molar-refractivity contribution is 7.99. The lowest BCUT2D eigenvalue weighted by Gasteiger charge is -2.12. The monoisotopic (exact) mass is 269 g/mol. The fourth-order valence-corrected chi connectivity index (χ4v) is 2.83. The van der Waals surface area contributed by atoms with Gasteiger partial charge in [0.2, 0.25) is 0 Å². The zero-order chi connectivity index (χ0) is 13.4. The van der Waals surface area contributed by atoms with Crippen molar-refractivity contribution in [2.45, 2.75) is 45.1 Å². The molecule has 18 heavy (non-hydrogen) atoms. The standard InChI is InChI=1S/C15H24FNS/c1-4-5-9-18-15-8-6-7-14(16)13(15)11-17-10-12(2)3/h6-8,12,17H,4-5,9-11H2,1-3H3. The number of hydrogen-bond donors (Lipinski definition) is 1. The number of unbranched alkanes of at least 4 members (excludes halogenated alkanes) is 1. The van der Waals surface area contributed by atoms with Gasteiger partial charge in [0.05, 0.1) is 0 Å². The number of benzene rings is 1. The van der Waals surface area contributed by atoms with Crippen LogP contribution >= 0.6 is 11.8 Å². The molecule has 0 aliphatic heterocycles. The minimum atomic E-state index is -0.0900. The Kier molecular flexibility index (Phi) is 7.36. The molecule has 0 fully saturated rings. The highest BCUT2D eigenvalue weighted by Gasteiger charge is 2.08. The van der Waals surface area contributed by atoms with Gasteiger partial charge in [-0.15, -0.1) is 11.8 Å². The first-order chi connectivity index (χ1) is 8.65. The van der Waals surface area contributed by atoms with E-state index in [4.69, 9.17) is 0 Å². The Morgan fingerprint density at radius 1 is 1.33 bits per heavy atom. The van der Waals surface area contributed by atoms with Crippen molar-refractivity contribution in [1.82, 2.24) is 5.32 Å². The van der Waals surface area contributed by atoms with Crippen LogP contribution in [0, 0.1) is 11.7 Å². The summed E-state index contributed by atoms with van der Waals surface area (Å²) in [5.74, 6) is 1.57. The molecule has 0 unspecified atom stereocenters. The number of nitrogens with one attached hydrogen (secondary N) is 1. The highest BCUT2D eigenvalue weighted by atomic mass is 32.2. The molecule has 0 aliphatic carbocycles. The Labute approximate surface area is 115 Å². The van der Waals surface area contributed by atoms with Gasteiger partial charge in [-0.2, -0.15) is 0 Å². The summed E-state index contributed by atoms with van der Waals surface area (Å²) in [6.45, 7) is 8.04. The molecule has 1 rings (SSSR count). The molecule has 1 aromatic carbocycles. The van der Waals surface area contributed by atoms with Crippen LogP contribution in [-0.4, -0.2) is 12.3 Å². The number of halogens is 1. The van der Waals surface area contributed by atoms with Gasteiger partial charge in [-0.25, -0.2) is 4.39 Å².